The van der Waals surface area contributed by atoms with Gasteiger partial charge in [-0.3, -0.25) is 9.78 Å². The van der Waals surface area contributed by atoms with Crippen LogP contribution in [-0.2, 0) is 9.53 Å². The number of hydrogen-bond acceptors (Lipinski definition) is 4. The molecule has 1 aromatic heterocycles. The molecule has 0 atom stereocenters. The molecule has 0 unspecified atom stereocenters. The highest BCUT2D eigenvalue weighted by Gasteiger charge is 2.01. The lowest BCUT2D eigenvalue weighted by Gasteiger charge is -2.06. The number of nitrogens with zero attached hydrogens (tertiary/aromatic N) is 1. The molecule has 4 nitrogen and oxygen atoms in total. The third-order valence-electron chi connectivity index (χ3n) is 2.45. The van der Waals surface area contributed by atoms with Gasteiger partial charge in [-0.15, -0.1) is 11.8 Å². The molecule has 1 rings (SSSR count). The van der Waals surface area contributed by atoms with Crippen LogP contribution in [0.1, 0.15) is 26.2 Å². The summed E-state index contributed by atoms with van der Waals surface area (Å²) in [5.41, 5.74) is 0. The molecule has 0 aliphatic carbocycles. The number of carbonyl (C=O) groups is 1. The zero-order chi connectivity index (χ0) is 13.8. The average Bonchev–Trinajstić information content (AvgIpc) is 2.45. The molecule has 0 fully saturated rings. The van der Waals surface area contributed by atoms with E-state index in [1.807, 2.05) is 12.1 Å². The van der Waals surface area contributed by atoms with Gasteiger partial charge in [-0.05, 0) is 25.0 Å². The number of ether oxygens (including phenoxy) is 1. The number of carbonyl (C=O) groups excluding carboxylic acids is 1. The van der Waals surface area contributed by atoms with E-state index in [0.29, 0.717) is 12.3 Å². The van der Waals surface area contributed by atoms with Crippen LogP contribution in [0.5, 0.6) is 0 Å². The highest BCUT2D eigenvalue weighted by atomic mass is 32.2. The minimum atomic E-state index is 0.0652. The molecule has 0 bridgehead atoms. The first-order valence-electron chi connectivity index (χ1n) is 6.70. The summed E-state index contributed by atoms with van der Waals surface area (Å²) < 4.78 is 5.42. The predicted molar refractivity (Wildman–Crippen MR) is 78.3 cm³/mol. The number of rotatable bonds is 10. The van der Waals surface area contributed by atoms with Crippen LogP contribution < -0.4 is 5.32 Å². The Morgan fingerprint density at radius 3 is 2.79 bits per heavy atom. The number of thioether (sulfide) groups is 1. The largest absolute Gasteiger partial charge is 0.381 e. The van der Waals surface area contributed by atoms with E-state index in [0.717, 1.165) is 37.4 Å². The summed E-state index contributed by atoms with van der Waals surface area (Å²) in [4.78, 5) is 16.6. The van der Waals surface area contributed by atoms with Crippen molar-refractivity contribution in [2.24, 2.45) is 0 Å². The number of nitrogens with one attached hydrogen (secondary N) is 1. The monoisotopic (exact) mass is 282 g/mol. The summed E-state index contributed by atoms with van der Waals surface area (Å²) in [5, 5.41) is 2.89. The molecule has 19 heavy (non-hydrogen) atoms. The van der Waals surface area contributed by atoms with Crippen LogP contribution in [-0.4, -0.2) is 36.4 Å². The van der Waals surface area contributed by atoms with Gasteiger partial charge in [0.2, 0.25) is 5.91 Å². The molecule has 0 aliphatic rings. The van der Waals surface area contributed by atoms with Crippen LogP contribution in [0.3, 0.4) is 0 Å². The molecular weight excluding hydrogens is 260 g/mol. The predicted octanol–water partition coefficient (Wildman–Crippen LogP) is 2.50. The summed E-state index contributed by atoms with van der Waals surface area (Å²) in [6.07, 6.45) is 6.59. The van der Waals surface area contributed by atoms with Gasteiger partial charge in [0.05, 0.1) is 5.75 Å². The second-order valence-electron chi connectivity index (χ2n) is 4.14. The van der Waals surface area contributed by atoms with E-state index in [-0.39, 0.29) is 5.91 Å². The Balaban J connectivity index is 1.96. The summed E-state index contributed by atoms with van der Waals surface area (Å²) in [5.74, 6) is 0.510. The van der Waals surface area contributed by atoms with E-state index >= 15 is 0 Å². The van der Waals surface area contributed by atoms with Gasteiger partial charge in [0.15, 0.2) is 0 Å². The Bertz CT molecular complexity index is 347. The van der Waals surface area contributed by atoms with Crippen molar-refractivity contribution < 1.29 is 9.53 Å². The topological polar surface area (TPSA) is 51.2 Å². The Morgan fingerprint density at radius 1 is 1.32 bits per heavy atom. The van der Waals surface area contributed by atoms with Crippen molar-refractivity contribution in [3.63, 3.8) is 0 Å². The van der Waals surface area contributed by atoms with Crippen LogP contribution in [0, 0.1) is 0 Å². The molecule has 5 heteroatoms. The molecule has 0 saturated carbocycles. The molecule has 0 radical (unpaired) electrons. The summed E-state index contributed by atoms with van der Waals surface area (Å²) >= 11 is 1.52. The van der Waals surface area contributed by atoms with E-state index in [2.05, 4.69) is 17.2 Å². The van der Waals surface area contributed by atoms with Gasteiger partial charge in [-0.2, -0.15) is 0 Å². The lowest BCUT2D eigenvalue weighted by atomic mass is 10.4. The SMILES string of the molecule is CCCCOCCCNC(=O)CSc1ccncc1. The van der Waals surface area contributed by atoms with E-state index < -0.39 is 0 Å². The van der Waals surface area contributed by atoms with Gasteiger partial charge in [0, 0.05) is 37.0 Å². The van der Waals surface area contributed by atoms with Gasteiger partial charge in [-0.25, -0.2) is 0 Å². The maximum Gasteiger partial charge on any atom is 0.230 e. The first kappa shape index (κ1) is 16.0. The maximum absolute atomic E-state index is 11.6. The molecule has 106 valence electrons. The molecule has 1 N–H and O–H groups in total. The van der Waals surface area contributed by atoms with Crippen molar-refractivity contribution >= 4 is 17.7 Å². The van der Waals surface area contributed by atoms with Crippen LogP contribution in [0.25, 0.3) is 0 Å². The lowest BCUT2D eigenvalue weighted by Crippen LogP contribution is -2.26. The number of amides is 1. The van der Waals surface area contributed by atoms with Crippen molar-refractivity contribution in [3.05, 3.63) is 24.5 Å². The van der Waals surface area contributed by atoms with E-state index in [9.17, 15) is 4.79 Å². The Kier molecular flexibility index (Phi) is 9.10. The second kappa shape index (κ2) is 10.8. The van der Waals surface area contributed by atoms with Gasteiger partial charge in [0.25, 0.3) is 0 Å². The fraction of sp³-hybridized carbons (Fsp3) is 0.571. The standard InChI is InChI=1S/C14H22N2O2S/c1-2-3-10-18-11-4-7-16-14(17)12-19-13-5-8-15-9-6-13/h5-6,8-9H,2-4,7,10-12H2,1H3,(H,16,17). The number of unbranched alkanes of at least 4 members (excludes halogenated alkanes) is 1. The third-order valence-corrected chi connectivity index (χ3v) is 3.46. The molecular formula is C14H22N2O2S. The second-order valence-corrected chi connectivity index (χ2v) is 5.19. The Hall–Kier alpha value is -1.07. The first-order valence-corrected chi connectivity index (χ1v) is 7.68. The molecule has 0 spiro atoms. The van der Waals surface area contributed by atoms with Gasteiger partial charge in [-0.1, -0.05) is 13.3 Å². The van der Waals surface area contributed by atoms with Crippen molar-refractivity contribution in [2.45, 2.75) is 31.1 Å². The van der Waals surface area contributed by atoms with Gasteiger partial charge in [0.1, 0.15) is 0 Å². The normalized spacial score (nSPS) is 10.4. The first-order chi connectivity index (χ1) is 9.33. The van der Waals surface area contributed by atoms with Crippen LogP contribution >= 0.6 is 11.8 Å². The maximum atomic E-state index is 11.6. The van der Waals surface area contributed by atoms with Crippen LogP contribution in [0.4, 0.5) is 0 Å². The third kappa shape index (κ3) is 8.61. The molecule has 0 saturated heterocycles. The summed E-state index contributed by atoms with van der Waals surface area (Å²) in [6.45, 7) is 4.37. The molecule has 1 heterocycles. The van der Waals surface area contributed by atoms with Crippen molar-refractivity contribution in [1.29, 1.82) is 0 Å². The Morgan fingerprint density at radius 2 is 2.05 bits per heavy atom. The minimum Gasteiger partial charge on any atom is -0.381 e. The quantitative estimate of drug-likeness (QED) is 0.529. The molecule has 0 aromatic carbocycles. The van der Waals surface area contributed by atoms with Gasteiger partial charge < -0.3 is 10.1 Å². The van der Waals surface area contributed by atoms with Crippen LogP contribution in [0.15, 0.2) is 29.4 Å². The smallest absolute Gasteiger partial charge is 0.230 e. The van der Waals surface area contributed by atoms with E-state index in [4.69, 9.17) is 4.74 Å². The van der Waals surface area contributed by atoms with E-state index in [1.54, 1.807) is 12.4 Å². The summed E-state index contributed by atoms with van der Waals surface area (Å²) in [6, 6.07) is 3.80. The zero-order valence-corrected chi connectivity index (χ0v) is 12.2. The van der Waals surface area contributed by atoms with Crippen molar-refractivity contribution in [2.75, 3.05) is 25.5 Å². The molecule has 1 aromatic rings. The van der Waals surface area contributed by atoms with Crippen molar-refractivity contribution in [1.82, 2.24) is 10.3 Å². The minimum absolute atomic E-state index is 0.0652. The highest BCUT2D eigenvalue weighted by molar-refractivity contribution is 8.00. The molecule has 1 amide bonds. The highest BCUT2D eigenvalue weighted by Crippen LogP contribution is 2.15. The van der Waals surface area contributed by atoms with Crippen molar-refractivity contribution in [3.8, 4) is 0 Å². The zero-order valence-electron chi connectivity index (χ0n) is 11.4. The van der Waals surface area contributed by atoms with E-state index in [1.165, 1.54) is 11.8 Å². The number of pyridine rings is 1. The van der Waals surface area contributed by atoms with Gasteiger partial charge >= 0.3 is 0 Å². The molecule has 0 aliphatic heterocycles. The summed E-state index contributed by atoms with van der Waals surface area (Å²) in [7, 11) is 0. The van der Waals surface area contributed by atoms with Crippen LogP contribution in [0.2, 0.25) is 0 Å². The fourth-order valence-corrected chi connectivity index (χ4v) is 2.10. The lowest BCUT2D eigenvalue weighted by molar-refractivity contribution is -0.118. The number of hydrogen-bond donors (Lipinski definition) is 1. The average molecular weight is 282 g/mol. The Labute approximate surface area is 119 Å². The number of aromatic nitrogens is 1. The fourth-order valence-electron chi connectivity index (χ4n) is 1.38.